The smallest absolute Gasteiger partial charge is 0.167 e. The lowest BCUT2D eigenvalue weighted by atomic mass is 9.98. The third-order valence-corrected chi connectivity index (χ3v) is 2.16. The van der Waals surface area contributed by atoms with Crippen molar-refractivity contribution in [1.29, 1.82) is 0 Å². The van der Waals surface area contributed by atoms with Crippen molar-refractivity contribution in [3.05, 3.63) is 47.0 Å². The zero-order valence-corrected chi connectivity index (χ0v) is 9.05. The second kappa shape index (κ2) is 4.23. The molecule has 0 radical (unpaired) electrons. The van der Waals surface area contributed by atoms with Crippen molar-refractivity contribution in [2.45, 2.75) is 27.2 Å². The van der Waals surface area contributed by atoms with Gasteiger partial charge in [-0.25, -0.2) is 0 Å². The molecule has 1 rings (SSSR count). The van der Waals surface area contributed by atoms with E-state index in [2.05, 4.69) is 6.58 Å². The molecule has 0 unspecified atom stereocenters. The Labute approximate surface area is 85.5 Å². The molecular formula is C13H16O. The van der Waals surface area contributed by atoms with Gasteiger partial charge in [0.05, 0.1) is 0 Å². The Kier molecular flexibility index (Phi) is 3.23. The van der Waals surface area contributed by atoms with Gasteiger partial charge in [-0.05, 0) is 32.4 Å². The topological polar surface area (TPSA) is 17.1 Å². The van der Waals surface area contributed by atoms with E-state index in [0.29, 0.717) is 6.42 Å². The van der Waals surface area contributed by atoms with Gasteiger partial charge in [-0.3, -0.25) is 4.79 Å². The molecule has 0 aliphatic rings. The molecule has 0 fully saturated rings. The van der Waals surface area contributed by atoms with E-state index in [4.69, 9.17) is 0 Å². The molecule has 0 saturated heterocycles. The van der Waals surface area contributed by atoms with Crippen molar-refractivity contribution >= 4 is 5.78 Å². The predicted octanol–water partition coefficient (Wildman–Crippen LogP) is 3.45. The first-order chi connectivity index (χ1) is 6.50. The first kappa shape index (κ1) is 10.7. The molecule has 14 heavy (non-hydrogen) atoms. The SMILES string of the molecule is C=C(C)CC(=O)c1cc(C)ccc1C. The Morgan fingerprint density at radius 3 is 2.57 bits per heavy atom. The van der Waals surface area contributed by atoms with Gasteiger partial charge >= 0.3 is 0 Å². The summed E-state index contributed by atoms with van der Waals surface area (Å²) in [5.74, 6) is 0.165. The van der Waals surface area contributed by atoms with Crippen LogP contribution in [0.25, 0.3) is 0 Å². The number of rotatable bonds is 3. The Morgan fingerprint density at radius 1 is 1.36 bits per heavy atom. The third-order valence-electron chi connectivity index (χ3n) is 2.16. The van der Waals surface area contributed by atoms with E-state index >= 15 is 0 Å². The van der Waals surface area contributed by atoms with Crippen LogP contribution in [-0.2, 0) is 0 Å². The average Bonchev–Trinajstić information content (AvgIpc) is 2.08. The van der Waals surface area contributed by atoms with Gasteiger partial charge in [0.15, 0.2) is 5.78 Å². The summed E-state index contributed by atoms with van der Waals surface area (Å²) in [5, 5.41) is 0. The minimum absolute atomic E-state index is 0.165. The van der Waals surface area contributed by atoms with Crippen LogP contribution in [0.15, 0.2) is 30.4 Å². The molecule has 0 aliphatic carbocycles. The molecular weight excluding hydrogens is 172 g/mol. The van der Waals surface area contributed by atoms with Gasteiger partial charge in [0.2, 0.25) is 0 Å². The van der Waals surface area contributed by atoms with E-state index in [1.807, 2.05) is 39.0 Å². The lowest BCUT2D eigenvalue weighted by Gasteiger charge is -2.05. The Hall–Kier alpha value is -1.37. The lowest BCUT2D eigenvalue weighted by Crippen LogP contribution is -2.02. The monoisotopic (exact) mass is 188 g/mol. The van der Waals surface area contributed by atoms with Gasteiger partial charge in [-0.1, -0.05) is 29.8 Å². The summed E-state index contributed by atoms with van der Waals surface area (Å²) in [5.41, 5.74) is 3.91. The maximum Gasteiger partial charge on any atom is 0.167 e. The molecule has 0 amide bonds. The van der Waals surface area contributed by atoms with Crippen LogP contribution in [0.3, 0.4) is 0 Å². The first-order valence-corrected chi connectivity index (χ1v) is 4.75. The van der Waals surface area contributed by atoms with Gasteiger partial charge in [0.1, 0.15) is 0 Å². The van der Waals surface area contributed by atoms with Crippen LogP contribution in [-0.4, -0.2) is 5.78 Å². The number of allylic oxidation sites excluding steroid dienone is 1. The fourth-order valence-corrected chi connectivity index (χ4v) is 1.41. The second-order valence-electron chi connectivity index (χ2n) is 3.88. The van der Waals surface area contributed by atoms with Gasteiger partial charge in [0.25, 0.3) is 0 Å². The molecule has 0 saturated carbocycles. The van der Waals surface area contributed by atoms with E-state index in [0.717, 1.165) is 22.3 Å². The molecule has 0 spiro atoms. The van der Waals surface area contributed by atoms with Crippen LogP contribution < -0.4 is 0 Å². The standard InChI is InChI=1S/C13H16O/c1-9(2)7-13(14)12-8-10(3)5-6-11(12)4/h5-6,8H,1,7H2,2-4H3. The van der Waals surface area contributed by atoms with Crippen molar-refractivity contribution in [2.75, 3.05) is 0 Å². The zero-order chi connectivity index (χ0) is 10.7. The Morgan fingerprint density at radius 2 is 2.00 bits per heavy atom. The van der Waals surface area contributed by atoms with Gasteiger partial charge in [-0.2, -0.15) is 0 Å². The van der Waals surface area contributed by atoms with E-state index in [1.54, 1.807) is 0 Å². The molecule has 1 nitrogen and oxygen atoms in total. The third kappa shape index (κ3) is 2.56. The van der Waals surface area contributed by atoms with Crippen molar-refractivity contribution in [3.63, 3.8) is 0 Å². The minimum Gasteiger partial charge on any atom is -0.294 e. The second-order valence-corrected chi connectivity index (χ2v) is 3.88. The molecule has 1 aromatic carbocycles. The van der Waals surface area contributed by atoms with Gasteiger partial charge < -0.3 is 0 Å². The van der Waals surface area contributed by atoms with E-state index in [9.17, 15) is 4.79 Å². The summed E-state index contributed by atoms with van der Waals surface area (Å²) in [6.45, 7) is 9.59. The van der Waals surface area contributed by atoms with Crippen molar-refractivity contribution < 1.29 is 4.79 Å². The van der Waals surface area contributed by atoms with Crippen LogP contribution in [0.2, 0.25) is 0 Å². The lowest BCUT2D eigenvalue weighted by molar-refractivity contribution is 0.0992. The van der Waals surface area contributed by atoms with Crippen LogP contribution in [0.1, 0.15) is 34.8 Å². The molecule has 0 atom stereocenters. The number of carbonyl (C=O) groups excluding carboxylic acids is 1. The minimum atomic E-state index is 0.165. The van der Waals surface area contributed by atoms with E-state index in [-0.39, 0.29) is 5.78 Å². The number of benzene rings is 1. The summed E-state index contributed by atoms with van der Waals surface area (Å²) in [6, 6.07) is 5.95. The highest BCUT2D eigenvalue weighted by molar-refractivity contribution is 5.98. The largest absolute Gasteiger partial charge is 0.294 e. The van der Waals surface area contributed by atoms with Crippen molar-refractivity contribution in [2.24, 2.45) is 0 Å². The fraction of sp³-hybridized carbons (Fsp3) is 0.308. The highest BCUT2D eigenvalue weighted by atomic mass is 16.1. The Balaban J connectivity index is 3.00. The van der Waals surface area contributed by atoms with Crippen LogP contribution in [0.4, 0.5) is 0 Å². The number of ketones is 1. The summed E-state index contributed by atoms with van der Waals surface area (Å²) in [6.07, 6.45) is 0.449. The Bertz CT molecular complexity index is 375. The molecule has 0 aromatic heterocycles. The fourth-order valence-electron chi connectivity index (χ4n) is 1.41. The van der Waals surface area contributed by atoms with E-state index < -0.39 is 0 Å². The predicted molar refractivity (Wildman–Crippen MR) is 59.7 cm³/mol. The highest BCUT2D eigenvalue weighted by Crippen LogP contribution is 2.14. The summed E-state index contributed by atoms with van der Waals surface area (Å²) < 4.78 is 0. The number of Topliss-reactive ketones (excluding diaryl/α,β-unsaturated/α-hetero) is 1. The van der Waals surface area contributed by atoms with Crippen LogP contribution in [0, 0.1) is 13.8 Å². The molecule has 74 valence electrons. The zero-order valence-electron chi connectivity index (χ0n) is 9.05. The molecule has 1 aromatic rings. The molecule has 0 bridgehead atoms. The van der Waals surface area contributed by atoms with Gasteiger partial charge in [0, 0.05) is 12.0 Å². The van der Waals surface area contributed by atoms with Crippen LogP contribution in [0.5, 0.6) is 0 Å². The number of aryl methyl sites for hydroxylation is 2. The first-order valence-electron chi connectivity index (χ1n) is 4.75. The van der Waals surface area contributed by atoms with Crippen molar-refractivity contribution in [3.8, 4) is 0 Å². The molecule has 0 heterocycles. The number of hydrogen-bond donors (Lipinski definition) is 0. The summed E-state index contributed by atoms with van der Waals surface area (Å²) in [7, 11) is 0. The number of carbonyl (C=O) groups is 1. The van der Waals surface area contributed by atoms with E-state index in [1.165, 1.54) is 0 Å². The van der Waals surface area contributed by atoms with Crippen molar-refractivity contribution in [1.82, 2.24) is 0 Å². The summed E-state index contributed by atoms with van der Waals surface area (Å²) >= 11 is 0. The average molecular weight is 188 g/mol. The maximum atomic E-state index is 11.8. The maximum absolute atomic E-state index is 11.8. The molecule has 0 N–H and O–H groups in total. The highest BCUT2D eigenvalue weighted by Gasteiger charge is 2.08. The summed E-state index contributed by atoms with van der Waals surface area (Å²) in [4.78, 5) is 11.8. The normalized spacial score (nSPS) is 9.93. The number of hydrogen-bond acceptors (Lipinski definition) is 1. The quantitative estimate of drug-likeness (QED) is 0.524. The molecule has 1 heteroatoms. The van der Waals surface area contributed by atoms with Gasteiger partial charge in [-0.15, -0.1) is 0 Å². The molecule has 0 aliphatic heterocycles. The van der Waals surface area contributed by atoms with Crippen LogP contribution >= 0.6 is 0 Å².